The van der Waals surface area contributed by atoms with Gasteiger partial charge in [0.05, 0.1) is 19.2 Å². The summed E-state index contributed by atoms with van der Waals surface area (Å²) in [5.74, 6) is 0.656. The number of piperidine rings is 1. The molecule has 1 N–H and O–H groups in total. The van der Waals surface area contributed by atoms with Crippen molar-refractivity contribution in [3.05, 3.63) is 34.1 Å². The largest absolute Gasteiger partial charge is 0.466 e. The van der Waals surface area contributed by atoms with E-state index in [-0.39, 0.29) is 11.9 Å². The zero-order chi connectivity index (χ0) is 17.8. The number of aromatic nitrogens is 3. The summed E-state index contributed by atoms with van der Waals surface area (Å²) < 4.78 is 7.47. The van der Waals surface area contributed by atoms with Crippen LogP contribution in [0.3, 0.4) is 0 Å². The van der Waals surface area contributed by atoms with Crippen molar-refractivity contribution in [3.8, 4) is 11.4 Å². The fourth-order valence-corrected chi connectivity index (χ4v) is 3.28. The normalized spacial score (nSPS) is 16.1. The first-order valence-electron chi connectivity index (χ1n) is 8.38. The third-order valence-electron chi connectivity index (χ3n) is 4.35. The predicted molar refractivity (Wildman–Crippen MR) is 98.8 cm³/mol. The number of nitrogens with zero attached hydrogens (tertiary/aromatic N) is 3. The van der Waals surface area contributed by atoms with Gasteiger partial charge < -0.3 is 4.74 Å². The van der Waals surface area contributed by atoms with E-state index in [9.17, 15) is 4.79 Å². The van der Waals surface area contributed by atoms with E-state index in [0.717, 1.165) is 37.3 Å². The maximum Gasteiger partial charge on any atom is 0.309 e. The van der Waals surface area contributed by atoms with Crippen LogP contribution in [0, 0.1) is 10.7 Å². The van der Waals surface area contributed by atoms with E-state index >= 15 is 0 Å². The molecule has 6 nitrogen and oxygen atoms in total. The summed E-state index contributed by atoms with van der Waals surface area (Å²) in [6, 6.07) is 7.47. The summed E-state index contributed by atoms with van der Waals surface area (Å²) in [7, 11) is 0. The van der Waals surface area contributed by atoms with Crippen LogP contribution in [0.1, 0.15) is 19.8 Å². The van der Waals surface area contributed by atoms with Gasteiger partial charge in [0, 0.05) is 23.7 Å². The first kappa shape index (κ1) is 18.1. The Morgan fingerprint density at radius 2 is 2.04 bits per heavy atom. The summed E-state index contributed by atoms with van der Waals surface area (Å²) in [6.07, 6.45) is 1.62. The second-order valence-electron chi connectivity index (χ2n) is 6.08. The number of hydrogen-bond acceptors (Lipinski definition) is 5. The molecule has 1 saturated heterocycles. The minimum atomic E-state index is -0.0784. The Morgan fingerprint density at radius 1 is 1.36 bits per heavy atom. The average molecular weight is 381 g/mol. The lowest BCUT2D eigenvalue weighted by molar-refractivity contribution is -0.149. The van der Waals surface area contributed by atoms with Gasteiger partial charge in [-0.1, -0.05) is 11.6 Å². The number of benzene rings is 1. The average Bonchev–Trinajstić information content (AvgIpc) is 2.97. The molecule has 0 unspecified atom stereocenters. The number of likely N-dealkylation sites (tertiary alicyclic amines) is 1. The summed E-state index contributed by atoms with van der Waals surface area (Å²) in [6.45, 7) is 4.58. The van der Waals surface area contributed by atoms with Crippen molar-refractivity contribution in [1.82, 2.24) is 19.7 Å². The van der Waals surface area contributed by atoms with Crippen LogP contribution < -0.4 is 0 Å². The Balaban J connectivity index is 1.62. The second-order valence-corrected chi connectivity index (χ2v) is 6.88. The van der Waals surface area contributed by atoms with Crippen molar-refractivity contribution in [2.75, 3.05) is 19.7 Å². The molecule has 0 radical (unpaired) electrons. The molecule has 3 rings (SSSR count). The molecule has 0 saturated carbocycles. The van der Waals surface area contributed by atoms with Gasteiger partial charge in [-0.3, -0.25) is 14.8 Å². The molecule has 0 bridgehead atoms. The predicted octanol–water partition coefficient (Wildman–Crippen LogP) is 3.49. The van der Waals surface area contributed by atoms with E-state index in [2.05, 4.69) is 15.0 Å². The maximum absolute atomic E-state index is 11.8. The van der Waals surface area contributed by atoms with Gasteiger partial charge in [0.25, 0.3) is 0 Å². The van der Waals surface area contributed by atoms with Crippen LogP contribution in [0.4, 0.5) is 0 Å². The van der Waals surface area contributed by atoms with Crippen LogP contribution in [0.2, 0.25) is 5.02 Å². The second kappa shape index (κ2) is 8.12. The molecule has 1 aromatic heterocycles. The van der Waals surface area contributed by atoms with Crippen molar-refractivity contribution < 1.29 is 9.53 Å². The number of nitrogens with one attached hydrogen (secondary N) is 1. The number of hydrogen-bond donors (Lipinski definition) is 1. The molecular formula is C17H21ClN4O2S. The van der Waals surface area contributed by atoms with Crippen LogP contribution >= 0.6 is 23.8 Å². The number of carbonyl (C=O) groups is 1. The fourth-order valence-electron chi connectivity index (χ4n) is 2.96. The fraction of sp³-hybridized carbons (Fsp3) is 0.471. The molecule has 1 aromatic carbocycles. The zero-order valence-corrected chi connectivity index (χ0v) is 15.6. The molecule has 1 aliphatic rings. The molecule has 2 aromatic rings. The van der Waals surface area contributed by atoms with Gasteiger partial charge in [0.2, 0.25) is 4.77 Å². The molecule has 0 amide bonds. The molecule has 8 heteroatoms. The molecule has 2 heterocycles. The molecule has 25 heavy (non-hydrogen) atoms. The van der Waals surface area contributed by atoms with Crippen LogP contribution in [0.15, 0.2) is 24.3 Å². The van der Waals surface area contributed by atoms with Gasteiger partial charge >= 0.3 is 5.97 Å². The molecule has 1 aliphatic heterocycles. The van der Waals surface area contributed by atoms with Crippen LogP contribution in [-0.2, 0) is 16.2 Å². The lowest BCUT2D eigenvalue weighted by Crippen LogP contribution is -2.38. The molecular weight excluding hydrogens is 360 g/mol. The van der Waals surface area contributed by atoms with Gasteiger partial charge in [0.1, 0.15) is 0 Å². The number of esters is 1. The topological polar surface area (TPSA) is 63.1 Å². The van der Waals surface area contributed by atoms with Crippen LogP contribution in [0.25, 0.3) is 11.4 Å². The number of aromatic amines is 1. The van der Waals surface area contributed by atoms with Crippen molar-refractivity contribution in [2.45, 2.75) is 26.4 Å². The molecule has 0 spiro atoms. The smallest absolute Gasteiger partial charge is 0.309 e. The SMILES string of the molecule is CCOC(=O)C1CCN(Cn2[nH]c(-c3ccc(Cl)cc3)nc2=S)CC1. The number of H-pyrrole nitrogens is 1. The Morgan fingerprint density at radius 3 is 2.68 bits per heavy atom. The lowest BCUT2D eigenvalue weighted by Gasteiger charge is -2.30. The van der Waals surface area contributed by atoms with Gasteiger partial charge in [0.15, 0.2) is 5.82 Å². The Labute approximate surface area is 156 Å². The third-order valence-corrected chi connectivity index (χ3v) is 4.91. The zero-order valence-electron chi connectivity index (χ0n) is 14.1. The number of halogens is 1. The van der Waals surface area contributed by atoms with E-state index in [1.807, 2.05) is 35.9 Å². The van der Waals surface area contributed by atoms with E-state index in [1.54, 1.807) is 0 Å². The highest BCUT2D eigenvalue weighted by molar-refractivity contribution is 7.71. The first-order valence-corrected chi connectivity index (χ1v) is 9.17. The van der Waals surface area contributed by atoms with Crippen LogP contribution in [0.5, 0.6) is 0 Å². The van der Waals surface area contributed by atoms with Crippen molar-refractivity contribution in [1.29, 1.82) is 0 Å². The minimum absolute atomic E-state index is 0.00978. The van der Waals surface area contributed by atoms with E-state index in [4.69, 9.17) is 28.6 Å². The van der Waals surface area contributed by atoms with Crippen molar-refractivity contribution >= 4 is 29.8 Å². The Hall–Kier alpha value is -1.70. The maximum atomic E-state index is 11.8. The quantitative estimate of drug-likeness (QED) is 0.635. The van der Waals surface area contributed by atoms with Crippen molar-refractivity contribution in [3.63, 3.8) is 0 Å². The van der Waals surface area contributed by atoms with Crippen LogP contribution in [-0.4, -0.2) is 45.3 Å². The Bertz CT molecular complexity index is 779. The van der Waals surface area contributed by atoms with Crippen molar-refractivity contribution in [2.24, 2.45) is 5.92 Å². The Kier molecular flexibility index (Phi) is 5.88. The van der Waals surface area contributed by atoms with E-state index in [1.165, 1.54) is 0 Å². The standard InChI is InChI=1S/C17H21ClN4O2S/c1-2-24-16(23)13-7-9-21(10-8-13)11-22-17(25)19-15(20-22)12-3-5-14(18)6-4-12/h3-6,13H,2,7-11H2,1H3,(H,19,20,25). The van der Waals surface area contributed by atoms with E-state index in [0.29, 0.717) is 23.1 Å². The summed E-state index contributed by atoms with van der Waals surface area (Å²) in [5, 5.41) is 3.93. The summed E-state index contributed by atoms with van der Waals surface area (Å²) in [4.78, 5) is 18.5. The monoisotopic (exact) mass is 380 g/mol. The lowest BCUT2D eigenvalue weighted by atomic mass is 9.97. The van der Waals surface area contributed by atoms with Gasteiger partial charge in [-0.05, 0) is 56.2 Å². The number of ether oxygens (including phenoxy) is 1. The molecule has 134 valence electrons. The van der Waals surface area contributed by atoms with Gasteiger partial charge in [-0.15, -0.1) is 0 Å². The molecule has 0 atom stereocenters. The third kappa shape index (κ3) is 4.48. The minimum Gasteiger partial charge on any atom is -0.466 e. The first-order chi connectivity index (χ1) is 12.1. The van der Waals surface area contributed by atoms with Gasteiger partial charge in [-0.2, -0.15) is 4.98 Å². The summed E-state index contributed by atoms with van der Waals surface area (Å²) >= 11 is 11.3. The van der Waals surface area contributed by atoms with E-state index < -0.39 is 0 Å². The number of rotatable bonds is 5. The van der Waals surface area contributed by atoms with Gasteiger partial charge in [-0.25, -0.2) is 4.68 Å². The number of carbonyl (C=O) groups excluding carboxylic acids is 1. The summed E-state index contributed by atoms with van der Waals surface area (Å²) in [5.41, 5.74) is 0.940. The highest BCUT2D eigenvalue weighted by atomic mass is 35.5. The molecule has 1 fully saturated rings. The molecule has 0 aliphatic carbocycles. The highest BCUT2D eigenvalue weighted by Gasteiger charge is 2.26. The highest BCUT2D eigenvalue weighted by Crippen LogP contribution is 2.21.